The van der Waals surface area contributed by atoms with Crippen LogP contribution in [0.15, 0.2) is 84.4 Å². The molecule has 2 aliphatic heterocycles. The van der Waals surface area contributed by atoms with Gasteiger partial charge in [-0.15, -0.1) is 0 Å². The molecular formula is C36H41BrN10. The van der Waals surface area contributed by atoms with Crippen molar-refractivity contribution in [2.75, 3.05) is 9.80 Å². The average Bonchev–Trinajstić information content (AvgIpc) is 3.71. The third-order valence-electron chi connectivity index (χ3n) is 9.64. The maximum Gasteiger partial charge on any atom is 0.169 e. The van der Waals surface area contributed by atoms with Gasteiger partial charge >= 0.3 is 0 Å². The van der Waals surface area contributed by atoms with E-state index in [9.17, 15) is 0 Å². The predicted octanol–water partition coefficient (Wildman–Crippen LogP) is 7.88. The molecule has 0 spiro atoms. The van der Waals surface area contributed by atoms with Gasteiger partial charge in [0.25, 0.3) is 0 Å². The van der Waals surface area contributed by atoms with Gasteiger partial charge in [0, 0.05) is 89.7 Å². The van der Waals surface area contributed by atoms with E-state index in [0.29, 0.717) is 24.2 Å². The molecule has 2 fully saturated rings. The molecule has 242 valence electrons. The third-order valence-corrected chi connectivity index (χ3v) is 10.2. The summed E-state index contributed by atoms with van der Waals surface area (Å²) < 4.78 is 4.47. The molecule has 8 rings (SSSR count). The summed E-state index contributed by atoms with van der Waals surface area (Å²) >= 11 is 3.45. The molecule has 0 aromatic carbocycles. The minimum Gasteiger partial charge on any atom is -0.351 e. The van der Waals surface area contributed by atoms with E-state index in [0.717, 1.165) is 49.7 Å². The molecule has 10 nitrogen and oxygen atoms in total. The quantitative estimate of drug-likeness (QED) is 0.184. The summed E-state index contributed by atoms with van der Waals surface area (Å²) in [6.07, 6.45) is 22.7. The summed E-state index contributed by atoms with van der Waals surface area (Å²) in [4.78, 5) is 23.2. The predicted molar refractivity (Wildman–Crippen MR) is 191 cm³/mol. The van der Waals surface area contributed by atoms with E-state index in [-0.39, 0.29) is 0 Å². The molecule has 2 aliphatic rings. The number of piperidine rings is 2. The molecule has 0 amide bonds. The second-order valence-electron chi connectivity index (χ2n) is 13.0. The number of fused-ring (bicyclic) bond motifs is 2. The fourth-order valence-corrected chi connectivity index (χ4v) is 7.49. The van der Waals surface area contributed by atoms with Gasteiger partial charge in [0.2, 0.25) is 0 Å². The zero-order valence-electron chi connectivity index (χ0n) is 27.4. The zero-order valence-corrected chi connectivity index (χ0v) is 29.0. The molecule has 0 aliphatic carbocycles. The van der Waals surface area contributed by atoms with Gasteiger partial charge in [-0.2, -0.15) is 10.2 Å². The summed E-state index contributed by atoms with van der Waals surface area (Å²) in [6.45, 7) is 9.17. The van der Waals surface area contributed by atoms with E-state index in [2.05, 4.69) is 97.9 Å². The number of nitrogens with zero attached hydrogens (tertiary/aromatic N) is 10. The van der Waals surface area contributed by atoms with Gasteiger partial charge in [-0.25, -0.2) is 29.0 Å². The first-order valence-electron chi connectivity index (χ1n) is 16.6. The van der Waals surface area contributed by atoms with E-state index in [1.165, 1.54) is 38.5 Å². The molecule has 0 unspecified atom stereocenters. The smallest absolute Gasteiger partial charge is 0.169 e. The molecule has 0 N–H and O–H groups in total. The number of hydrogen-bond donors (Lipinski definition) is 0. The van der Waals surface area contributed by atoms with Crippen LogP contribution < -0.4 is 9.80 Å². The fraction of sp³-hybridized carbons (Fsp3) is 0.389. The van der Waals surface area contributed by atoms with Gasteiger partial charge in [-0.05, 0) is 106 Å². The maximum absolute atomic E-state index is 4.72. The lowest BCUT2D eigenvalue weighted by atomic mass is 9.97. The Balaban J connectivity index is 0.000000150. The van der Waals surface area contributed by atoms with Crippen molar-refractivity contribution in [3.63, 3.8) is 0 Å². The Kier molecular flexibility index (Phi) is 8.90. The van der Waals surface area contributed by atoms with Crippen molar-refractivity contribution < 1.29 is 0 Å². The normalized spacial score (nSPS) is 21.6. The molecule has 8 heterocycles. The van der Waals surface area contributed by atoms with E-state index in [1.807, 2.05) is 43.2 Å². The van der Waals surface area contributed by atoms with Gasteiger partial charge in [0.15, 0.2) is 11.3 Å². The minimum atomic E-state index is 0.548. The molecule has 11 heteroatoms. The van der Waals surface area contributed by atoms with Crippen molar-refractivity contribution in [1.82, 2.24) is 39.2 Å². The highest BCUT2D eigenvalue weighted by molar-refractivity contribution is 9.10. The molecule has 2 saturated heterocycles. The van der Waals surface area contributed by atoms with E-state index >= 15 is 0 Å². The maximum atomic E-state index is 4.72. The van der Waals surface area contributed by atoms with Crippen LogP contribution in [0, 0.1) is 0 Å². The van der Waals surface area contributed by atoms with Crippen LogP contribution >= 0.6 is 15.9 Å². The molecular weight excluding hydrogens is 652 g/mol. The average molecular weight is 694 g/mol. The first kappa shape index (κ1) is 31.2. The highest BCUT2D eigenvalue weighted by Crippen LogP contribution is 2.31. The van der Waals surface area contributed by atoms with E-state index in [1.54, 1.807) is 21.4 Å². The number of anilines is 2. The van der Waals surface area contributed by atoms with Crippen LogP contribution in [0.3, 0.4) is 0 Å². The van der Waals surface area contributed by atoms with Crippen LogP contribution in [0.25, 0.3) is 33.5 Å². The monoisotopic (exact) mass is 692 g/mol. The Morgan fingerprint density at radius 1 is 0.553 bits per heavy atom. The number of halogens is 1. The van der Waals surface area contributed by atoms with Crippen molar-refractivity contribution in [1.29, 1.82) is 0 Å². The van der Waals surface area contributed by atoms with Gasteiger partial charge in [0.05, 0.1) is 16.9 Å². The summed E-state index contributed by atoms with van der Waals surface area (Å²) in [5, 5.41) is 8.54. The summed E-state index contributed by atoms with van der Waals surface area (Å²) in [5.74, 6) is 2.14. The van der Waals surface area contributed by atoms with Crippen molar-refractivity contribution in [3.8, 4) is 22.3 Å². The number of hydrogen-bond acceptors (Lipinski definition) is 8. The first-order chi connectivity index (χ1) is 22.9. The molecule has 0 radical (unpaired) electrons. The van der Waals surface area contributed by atoms with Crippen LogP contribution in [-0.2, 0) is 0 Å². The van der Waals surface area contributed by atoms with Gasteiger partial charge in [-0.1, -0.05) is 0 Å². The standard InChI is InChI=1S/C18H20BrN5.C18H21N5/c1-12-4-3-5-13(2)24(12)17-7-6-14(8-20-17)15-9-21-18-16(19)10-22-23(18)11-15;1-13-4-3-5-14(2)23(13)18-7-6-15(10-20-18)16-11-19-17-8-9-21-22(17)12-16/h6-13H,3-5H2,1-2H3;6-14H,3-5H2,1-2H3/t12-,13+;13-,14+. The lowest BCUT2D eigenvalue weighted by Crippen LogP contribution is -2.44. The Morgan fingerprint density at radius 3 is 1.60 bits per heavy atom. The summed E-state index contributed by atoms with van der Waals surface area (Å²) in [5.41, 5.74) is 5.83. The van der Waals surface area contributed by atoms with E-state index < -0.39 is 0 Å². The number of pyridine rings is 2. The lowest BCUT2D eigenvalue weighted by molar-refractivity contribution is 0.411. The molecule has 0 saturated carbocycles. The van der Waals surface area contributed by atoms with Crippen LogP contribution in [0.4, 0.5) is 11.6 Å². The molecule has 0 bridgehead atoms. The second-order valence-corrected chi connectivity index (χ2v) is 13.8. The van der Waals surface area contributed by atoms with Crippen molar-refractivity contribution >= 4 is 38.9 Å². The lowest BCUT2D eigenvalue weighted by Gasteiger charge is -2.40. The summed E-state index contributed by atoms with van der Waals surface area (Å²) in [7, 11) is 0. The highest BCUT2D eigenvalue weighted by atomic mass is 79.9. The fourth-order valence-electron chi connectivity index (χ4n) is 7.12. The van der Waals surface area contributed by atoms with Crippen LogP contribution in [0.1, 0.15) is 66.2 Å². The Hall–Kier alpha value is -4.38. The van der Waals surface area contributed by atoms with Crippen molar-refractivity contribution in [2.45, 2.75) is 90.4 Å². The molecule has 4 atom stereocenters. The van der Waals surface area contributed by atoms with E-state index in [4.69, 9.17) is 9.97 Å². The topological polar surface area (TPSA) is 92.6 Å². The molecule has 6 aromatic heterocycles. The zero-order chi connectivity index (χ0) is 32.5. The highest BCUT2D eigenvalue weighted by Gasteiger charge is 2.26. The Labute approximate surface area is 284 Å². The van der Waals surface area contributed by atoms with Gasteiger partial charge in [0.1, 0.15) is 11.6 Å². The SMILES string of the molecule is C[C@@H]1CCC[C@H](C)N1c1ccc(-c2cnc3c(Br)cnn3c2)cn1.C[C@@H]1CCC[C@H](C)N1c1ccc(-c2cnc3ccnn3c2)cn1. The number of rotatable bonds is 4. The van der Waals surface area contributed by atoms with Crippen LogP contribution in [0.2, 0.25) is 0 Å². The number of aromatic nitrogens is 8. The Morgan fingerprint density at radius 2 is 1.06 bits per heavy atom. The second kappa shape index (κ2) is 13.4. The Bertz CT molecular complexity index is 1930. The molecule has 6 aromatic rings. The minimum absolute atomic E-state index is 0.548. The summed E-state index contributed by atoms with van der Waals surface area (Å²) in [6, 6.07) is 12.6. The van der Waals surface area contributed by atoms with Crippen molar-refractivity contribution in [2.24, 2.45) is 0 Å². The van der Waals surface area contributed by atoms with Gasteiger partial charge in [-0.3, -0.25) is 0 Å². The van der Waals surface area contributed by atoms with Crippen LogP contribution in [0.5, 0.6) is 0 Å². The van der Waals surface area contributed by atoms with Gasteiger partial charge < -0.3 is 9.80 Å². The third kappa shape index (κ3) is 6.45. The largest absolute Gasteiger partial charge is 0.351 e. The van der Waals surface area contributed by atoms with Crippen molar-refractivity contribution in [3.05, 3.63) is 84.4 Å². The molecule has 47 heavy (non-hydrogen) atoms. The first-order valence-corrected chi connectivity index (χ1v) is 17.4. The van der Waals surface area contributed by atoms with Crippen LogP contribution in [-0.4, -0.2) is 63.3 Å².